The van der Waals surface area contributed by atoms with Crippen molar-refractivity contribution in [1.82, 2.24) is 0 Å². The second kappa shape index (κ2) is 7.66. The molecule has 2 aliphatic rings. The molecule has 2 aromatic rings. The van der Waals surface area contributed by atoms with Crippen molar-refractivity contribution < 1.29 is 29.0 Å². The summed E-state index contributed by atoms with van der Waals surface area (Å²) in [4.78, 5) is 14.2. The lowest BCUT2D eigenvalue weighted by molar-refractivity contribution is -0.921. The van der Waals surface area contributed by atoms with Gasteiger partial charge in [-0.25, -0.2) is 0 Å². The van der Waals surface area contributed by atoms with E-state index in [9.17, 15) is 9.90 Å². The summed E-state index contributed by atoms with van der Waals surface area (Å²) < 4.78 is 16.6. The molecule has 0 aromatic heterocycles. The highest BCUT2D eigenvalue weighted by molar-refractivity contribution is 6.15. The first-order valence-electron chi connectivity index (χ1n) is 9.40. The predicted molar refractivity (Wildman–Crippen MR) is 102 cm³/mol. The van der Waals surface area contributed by atoms with Crippen LogP contribution in [-0.4, -0.2) is 39.2 Å². The van der Waals surface area contributed by atoms with E-state index in [-0.39, 0.29) is 17.3 Å². The zero-order chi connectivity index (χ0) is 19.7. The van der Waals surface area contributed by atoms with Crippen molar-refractivity contribution in [2.45, 2.75) is 13.5 Å². The number of nitrogens with one attached hydrogen (secondary N) is 1. The highest BCUT2D eigenvalue weighted by atomic mass is 16.5. The van der Waals surface area contributed by atoms with E-state index in [1.54, 1.807) is 26.2 Å². The molecule has 146 valence electrons. The molecule has 0 radical (unpaired) electrons. The first-order valence-corrected chi connectivity index (χ1v) is 9.40. The second-order valence-electron chi connectivity index (χ2n) is 7.13. The van der Waals surface area contributed by atoms with Gasteiger partial charge in [0.1, 0.15) is 31.1 Å². The Morgan fingerprint density at radius 3 is 2.79 bits per heavy atom. The molecule has 2 aliphatic heterocycles. The lowest BCUT2D eigenvalue weighted by Gasteiger charge is -2.26. The molecule has 0 bridgehead atoms. The minimum atomic E-state index is -0.187. The lowest BCUT2D eigenvalue weighted by Crippen LogP contribution is -3.12. The third kappa shape index (κ3) is 3.48. The Balaban J connectivity index is 1.69. The molecule has 0 atom stereocenters. The van der Waals surface area contributed by atoms with Crippen LogP contribution in [0.15, 0.2) is 36.1 Å². The monoisotopic (exact) mass is 381 g/mol. The maximum absolute atomic E-state index is 13.0. The molecule has 1 N–H and O–H groups in total. The highest BCUT2D eigenvalue weighted by Gasteiger charge is 2.33. The van der Waals surface area contributed by atoms with Gasteiger partial charge in [0, 0.05) is 5.56 Å². The molecule has 0 unspecified atom stereocenters. The van der Waals surface area contributed by atoms with Crippen molar-refractivity contribution in [3.63, 3.8) is 0 Å². The molecule has 28 heavy (non-hydrogen) atoms. The average molecular weight is 381 g/mol. The summed E-state index contributed by atoms with van der Waals surface area (Å²) in [6, 6.07) is 8.94. The maximum Gasteiger partial charge on any atom is 0.232 e. The molecule has 6 nitrogen and oxygen atoms in total. The van der Waals surface area contributed by atoms with Crippen LogP contribution in [0.2, 0.25) is 0 Å². The molecule has 1 fully saturated rings. The van der Waals surface area contributed by atoms with Crippen LogP contribution in [-0.2, 0) is 11.3 Å². The number of carbonyl (C=O) groups excluding carboxylic acids is 1. The molecular formula is C22H23NO5. The zero-order valence-corrected chi connectivity index (χ0v) is 16.0. The Hall–Kier alpha value is -2.83. The van der Waals surface area contributed by atoms with Gasteiger partial charge in [0.2, 0.25) is 5.78 Å². The second-order valence-corrected chi connectivity index (χ2v) is 7.13. The van der Waals surface area contributed by atoms with Crippen molar-refractivity contribution in [3.8, 4) is 17.2 Å². The van der Waals surface area contributed by atoms with Crippen molar-refractivity contribution >= 4 is 11.9 Å². The normalized spacial score (nSPS) is 18.2. The smallest absolute Gasteiger partial charge is 0.232 e. The van der Waals surface area contributed by atoms with E-state index in [2.05, 4.69) is 0 Å². The van der Waals surface area contributed by atoms with Crippen LogP contribution in [0.4, 0.5) is 0 Å². The molecular weight excluding hydrogens is 358 g/mol. The molecule has 1 saturated heterocycles. The number of hydrogen-bond acceptors (Lipinski definition) is 5. The summed E-state index contributed by atoms with van der Waals surface area (Å²) in [5.41, 5.74) is 2.52. The minimum Gasteiger partial charge on any atom is -0.872 e. The van der Waals surface area contributed by atoms with Gasteiger partial charge in [0.05, 0.1) is 25.9 Å². The third-order valence-electron chi connectivity index (χ3n) is 5.22. The molecule has 2 aromatic carbocycles. The van der Waals surface area contributed by atoms with Gasteiger partial charge in [0.15, 0.2) is 5.76 Å². The molecule has 6 heteroatoms. The summed E-state index contributed by atoms with van der Waals surface area (Å²) in [5, 5.41) is 12.7. The number of ketones is 1. The standard InChI is InChI=1S/C22H23NO5/c1-14-10-18(24)17(13-23-6-8-27-9-7-23)22-20(14)21(25)19(28-22)12-15-4-3-5-16(11-15)26-2/h3-5,10-12,24H,6-9,13H2,1-2H3. The van der Waals surface area contributed by atoms with E-state index in [0.717, 1.165) is 18.7 Å². The van der Waals surface area contributed by atoms with Crippen LogP contribution in [0, 0.1) is 6.92 Å². The molecule has 2 heterocycles. The minimum absolute atomic E-state index is 0.0781. The number of rotatable bonds is 4. The van der Waals surface area contributed by atoms with Crippen LogP contribution in [0.25, 0.3) is 6.08 Å². The van der Waals surface area contributed by atoms with E-state index < -0.39 is 0 Å². The van der Waals surface area contributed by atoms with Gasteiger partial charge in [0.25, 0.3) is 0 Å². The number of benzene rings is 2. The van der Waals surface area contributed by atoms with Gasteiger partial charge in [-0.15, -0.1) is 0 Å². The van der Waals surface area contributed by atoms with Crippen molar-refractivity contribution in [2.24, 2.45) is 0 Å². The van der Waals surface area contributed by atoms with Crippen LogP contribution >= 0.6 is 0 Å². The van der Waals surface area contributed by atoms with Gasteiger partial charge < -0.3 is 24.2 Å². The lowest BCUT2D eigenvalue weighted by atomic mass is 9.99. The number of quaternary nitrogens is 1. The van der Waals surface area contributed by atoms with Crippen LogP contribution in [0.5, 0.6) is 17.2 Å². The topological polar surface area (TPSA) is 72.3 Å². The number of Topliss-reactive ketones (excluding diaryl/α,β-unsaturated/α-hetero) is 1. The zero-order valence-electron chi connectivity index (χ0n) is 16.0. The summed E-state index contributed by atoms with van der Waals surface area (Å²) >= 11 is 0. The van der Waals surface area contributed by atoms with Gasteiger partial charge >= 0.3 is 0 Å². The van der Waals surface area contributed by atoms with Crippen LogP contribution in [0.1, 0.15) is 27.0 Å². The van der Waals surface area contributed by atoms with Gasteiger partial charge in [-0.2, -0.15) is 0 Å². The van der Waals surface area contributed by atoms with Crippen LogP contribution in [0.3, 0.4) is 0 Å². The molecule has 0 aliphatic carbocycles. The summed E-state index contributed by atoms with van der Waals surface area (Å²) in [6.45, 7) is 5.34. The third-order valence-corrected chi connectivity index (χ3v) is 5.22. The van der Waals surface area contributed by atoms with E-state index in [4.69, 9.17) is 14.2 Å². The summed E-state index contributed by atoms with van der Waals surface area (Å²) in [7, 11) is 1.60. The Labute approximate surface area is 163 Å². The van der Waals surface area contributed by atoms with Crippen molar-refractivity contribution in [2.75, 3.05) is 33.4 Å². The molecule has 0 amide bonds. The number of fused-ring (bicyclic) bond motifs is 1. The van der Waals surface area contributed by atoms with Gasteiger partial charge in [-0.05, 0) is 36.3 Å². The number of morpholine rings is 1. The number of methoxy groups -OCH3 is 1. The van der Waals surface area contributed by atoms with E-state index >= 15 is 0 Å². The fraction of sp³-hybridized carbons (Fsp3) is 0.318. The SMILES string of the molecule is COc1cccc(C=C2Oc3c(C[NH+]4CCOCC4)c([O-])cc(C)c3C2=O)c1. The van der Waals surface area contributed by atoms with Gasteiger partial charge in [-0.1, -0.05) is 23.9 Å². The summed E-state index contributed by atoms with van der Waals surface area (Å²) in [5.74, 6) is 1.09. The van der Waals surface area contributed by atoms with Crippen molar-refractivity contribution in [3.05, 3.63) is 58.3 Å². The highest BCUT2D eigenvalue weighted by Crippen LogP contribution is 2.40. The number of ether oxygens (including phenoxy) is 3. The number of carbonyl (C=O) groups is 1. The fourth-order valence-corrected chi connectivity index (χ4v) is 3.70. The van der Waals surface area contributed by atoms with Gasteiger partial charge in [-0.3, -0.25) is 4.79 Å². The maximum atomic E-state index is 13.0. The number of allylic oxidation sites excluding steroid dienone is 1. The Kier molecular flexibility index (Phi) is 5.07. The Morgan fingerprint density at radius 1 is 1.25 bits per heavy atom. The van der Waals surface area contributed by atoms with E-state index in [1.165, 1.54) is 4.90 Å². The predicted octanol–water partition coefficient (Wildman–Crippen LogP) is 1.11. The molecule has 0 spiro atoms. The van der Waals surface area contributed by atoms with Crippen LogP contribution < -0.4 is 19.5 Å². The fourth-order valence-electron chi connectivity index (χ4n) is 3.70. The quantitative estimate of drug-likeness (QED) is 0.804. The van der Waals surface area contributed by atoms with Crippen molar-refractivity contribution in [1.29, 1.82) is 0 Å². The number of aryl methyl sites for hydroxylation is 1. The Bertz CT molecular complexity index is 944. The average Bonchev–Trinajstić information content (AvgIpc) is 3.02. The molecule has 0 saturated carbocycles. The molecule has 4 rings (SSSR count). The van der Waals surface area contributed by atoms with E-state index in [0.29, 0.717) is 47.9 Å². The first-order chi connectivity index (χ1) is 13.6. The summed E-state index contributed by atoms with van der Waals surface area (Å²) in [6.07, 6.45) is 1.69. The number of hydrogen-bond donors (Lipinski definition) is 1. The Morgan fingerprint density at radius 2 is 2.04 bits per heavy atom. The largest absolute Gasteiger partial charge is 0.872 e. The first kappa shape index (κ1) is 18.5. The van der Waals surface area contributed by atoms with E-state index in [1.807, 2.05) is 24.3 Å².